The van der Waals surface area contributed by atoms with Gasteiger partial charge in [-0.15, -0.1) is 0 Å². The third-order valence-electron chi connectivity index (χ3n) is 1.80. The molecule has 1 N–H and O–H groups in total. The van der Waals surface area contributed by atoms with Gasteiger partial charge < -0.3 is 4.90 Å². The Kier molecular flexibility index (Phi) is 1.74. The maximum Gasteiger partial charge on any atom is 0.0923 e. The number of rotatable bonds is 2. The molecule has 0 aromatic heterocycles. The zero-order chi connectivity index (χ0) is 6.85. The molecule has 1 aliphatic carbocycles. The Morgan fingerprint density at radius 3 is 2.56 bits per heavy atom. The van der Waals surface area contributed by atoms with Gasteiger partial charge in [-0.3, -0.25) is 5.41 Å². The summed E-state index contributed by atoms with van der Waals surface area (Å²) >= 11 is 0. The maximum absolute atomic E-state index is 7.25. The van der Waals surface area contributed by atoms with Gasteiger partial charge in [0.1, 0.15) is 0 Å². The normalized spacial score (nSPS) is 17.6. The Hall–Kier alpha value is -0.530. The molecule has 0 saturated heterocycles. The molecule has 1 saturated carbocycles. The Bertz CT molecular complexity index is 116. The van der Waals surface area contributed by atoms with Crippen LogP contribution in [0.15, 0.2) is 0 Å². The van der Waals surface area contributed by atoms with E-state index in [-0.39, 0.29) is 0 Å². The van der Waals surface area contributed by atoms with Gasteiger partial charge in [-0.05, 0) is 25.7 Å². The first kappa shape index (κ1) is 6.59. The molecule has 1 rings (SSSR count). The lowest BCUT2D eigenvalue weighted by molar-refractivity contribution is 0.470. The van der Waals surface area contributed by atoms with Crippen LogP contribution in [0.2, 0.25) is 0 Å². The quantitative estimate of drug-likeness (QED) is 0.438. The van der Waals surface area contributed by atoms with E-state index in [1.165, 1.54) is 12.8 Å². The zero-order valence-electron chi connectivity index (χ0n) is 6.15. The van der Waals surface area contributed by atoms with Crippen LogP contribution >= 0.6 is 0 Å². The summed E-state index contributed by atoms with van der Waals surface area (Å²) in [6.45, 7) is 2.93. The van der Waals surface area contributed by atoms with Gasteiger partial charge in [0.2, 0.25) is 0 Å². The van der Waals surface area contributed by atoms with Gasteiger partial charge in [-0.1, -0.05) is 0 Å². The summed E-state index contributed by atoms with van der Waals surface area (Å²) in [6.07, 6.45) is 2.75. The third-order valence-corrected chi connectivity index (χ3v) is 1.80. The number of nitrogens with one attached hydrogen (secondary N) is 1. The van der Waals surface area contributed by atoms with E-state index in [0.29, 0.717) is 5.84 Å². The number of amidine groups is 1. The van der Waals surface area contributed by atoms with E-state index in [0.717, 1.165) is 12.5 Å². The van der Waals surface area contributed by atoms with Crippen LogP contribution in [0.25, 0.3) is 0 Å². The summed E-state index contributed by atoms with van der Waals surface area (Å²) in [6, 6.07) is 0. The van der Waals surface area contributed by atoms with Crippen molar-refractivity contribution in [3.63, 3.8) is 0 Å². The average Bonchev–Trinajstić information content (AvgIpc) is 2.50. The fraction of sp³-hybridized carbons (Fsp3) is 0.857. The van der Waals surface area contributed by atoms with Crippen LogP contribution in [0, 0.1) is 11.3 Å². The molecule has 0 bridgehead atoms. The van der Waals surface area contributed by atoms with Crippen molar-refractivity contribution in [2.45, 2.75) is 19.8 Å². The van der Waals surface area contributed by atoms with Crippen molar-refractivity contribution in [1.82, 2.24) is 4.90 Å². The summed E-state index contributed by atoms with van der Waals surface area (Å²) in [5.41, 5.74) is 0. The van der Waals surface area contributed by atoms with E-state index < -0.39 is 0 Å². The van der Waals surface area contributed by atoms with Crippen molar-refractivity contribution in [2.75, 3.05) is 13.6 Å². The van der Waals surface area contributed by atoms with E-state index in [1.807, 2.05) is 18.9 Å². The molecule has 0 unspecified atom stereocenters. The highest BCUT2D eigenvalue weighted by Gasteiger charge is 2.22. The van der Waals surface area contributed by atoms with Gasteiger partial charge in [0, 0.05) is 13.6 Å². The minimum atomic E-state index is 0.682. The van der Waals surface area contributed by atoms with Crippen molar-refractivity contribution >= 4 is 5.84 Å². The van der Waals surface area contributed by atoms with E-state index in [9.17, 15) is 0 Å². The lowest BCUT2D eigenvalue weighted by Gasteiger charge is -2.15. The lowest BCUT2D eigenvalue weighted by atomic mass is 10.4. The predicted molar refractivity (Wildman–Crippen MR) is 38.8 cm³/mol. The fourth-order valence-corrected chi connectivity index (χ4v) is 0.825. The van der Waals surface area contributed by atoms with Gasteiger partial charge in [0.05, 0.1) is 5.84 Å². The topological polar surface area (TPSA) is 27.1 Å². The summed E-state index contributed by atoms with van der Waals surface area (Å²) < 4.78 is 0. The van der Waals surface area contributed by atoms with Crippen LogP contribution in [-0.2, 0) is 0 Å². The standard InChI is InChI=1S/C7H14N2/c1-6(8)9(2)5-7-3-4-7/h7-8H,3-5H2,1-2H3. The minimum absolute atomic E-state index is 0.682. The number of hydrogen-bond donors (Lipinski definition) is 1. The highest BCUT2D eigenvalue weighted by atomic mass is 15.1. The maximum atomic E-state index is 7.25. The zero-order valence-corrected chi connectivity index (χ0v) is 6.15. The van der Waals surface area contributed by atoms with Gasteiger partial charge in [-0.25, -0.2) is 0 Å². The molecule has 0 aromatic rings. The van der Waals surface area contributed by atoms with Crippen molar-refractivity contribution in [1.29, 1.82) is 5.41 Å². The Morgan fingerprint density at radius 1 is 1.67 bits per heavy atom. The molecule has 0 aliphatic heterocycles. The van der Waals surface area contributed by atoms with Crippen LogP contribution in [0.5, 0.6) is 0 Å². The van der Waals surface area contributed by atoms with Crippen LogP contribution in [0.3, 0.4) is 0 Å². The molecule has 2 heteroatoms. The molecule has 9 heavy (non-hydrogen) atoms. The molecule has 0 amide bonds. The van der Waals surface area contributed by atoms with Gasteiger partial charge in [0.15, 0.2) is 0 Å². The van der Waals surface area contributed by atoms with Gasteiger partial charge in [-0.2, -0.15) is 0 Å². The molecule has 0 spiro atoms. The van der Waals surface area contributed by atoms with E-state index in [2.05, 4.69) is 0 Å². The van der Waals surface area contributed by atoms with E-state index >= 15 is 0 Å². The molecule has 0 aromatic carbocycles. The predicted octanol–water partition coefficient (Wildman–Crippen LogP) is 1.33. The smallest absolute Gasteiger partial charge is 0.0923 e. The summed E-state index contributed by atoms with van der Waals surface area (Å²) in [5, 5.41) is 7.25. The number of nitrogens with zero attached hydrogens (tertiary/aromatic N) is 1. The van der Waals surface area contributed by atoms with Crippen molar-refractivity contribution in [2.24, 2.45) is 5.92 Å². The van der Waals surface area contributed by atoms with Crippen molar-refractivity contribution in [3.05, 3.63) is 0 Å². The van der Waals surface area contributed by atoms with Crippen LogP contribution in [0.4, 0.5) is 0 Å². The summed E-state index contributed by atoms with van der Waals surface area (Å²) in [7, 11) is 1.99. The summed E-state index contributed by atoms with van der Waals surface area (Å²) in [5.74, 6) is 1.58. The molecular weight excluding hydrogens is 112 g/mol. The van der Waals surface area contributed by atoms with E-state index in [1.54, 1.807) is 0 Å². The molecule has 0 radical (unpaired) electrons. The van der Waals surface area contributed by atoms with E-state index in [4.69, 9.17) is 5.41 Å². The lowest BCUT2D eigenvalue weighted by Crippen LogP contribution is -2.25. The van der Waals surface area contributed by atoms with Crippen molar-refractivity contribution < 1.29 is 0 Å². The Labute approximate surface area is 56.4 Å². The third kappa shape index (κ3) is 2.04. The molecule has 52 valence electrons. The highest BCUT2D eigenvalue weighted by molar-refractivity contribution is 5.75. The van der Waals surface area contributed by atoms with Crippen LogP contribution < -0.4 is 0 Å². The second-order valence-corrected chi connectivity index (χ2v) is 2.91. The SMILES string of the molecule is CC(=N)N(C)CC1CC1. The molecule has 0 heterocycles. The molecular formula is C7H14N2. The van der Waals surface area contributed by atoms with Gasteiger partial charge >= 0.3 is 0 Å². The first-order valence-electron chi connectivity index (χ1n) is 3.46. The summed E-state index contributed by atoms with van der Waals surface area (Å²) in [4.78, 5) is 2.01. The Morgan fingerprint density at radius 2 is 2.22 bits per heavy atom. The second kappa shape index (κ2) is 2.38. The largest absolute Gasteiger partial charge is 0.364 e. The highest BCUT2D eigenvalue weighted by Crippen LogP contribution is 2.29. The van der Waals surface area contributed by atoms with Crippen molar-refractivity contribution in [3.8, 4) is 0 Å². The molecule has 1 fully saturated rings. The fourth-order valence-electron chi connectivity index (χ4n) is 0.825. The molecule has 0 atom stereocenters. The average molecular weight is 126 g/mol. The monoisotopic (exact) mass is 126 g/mol. The van der Waals surface area contributed by atoms with Gasteiger partial charge in [0.25, 0.3) is 0 Å². The minimum Gasteiger partial charge on any atom is -0.364 e. The molecule has 1 aliphatic rings. The second-order valence-electron chi connectivity index (χ2n) is 2.91. The first-order valence-corrected chi connectivity index (χ1v) is 3.46. The van der Waals surface area contributed by atoms with Crippen LogP contribution in [-0.4, -0.2) is 24.3 Å². The first-order chi connectivity index (χ1) is 4.20. The Balaban J connectivity index is 2.16. The molecule has 2 nitrogen and oxygen atoms in total. The van der Waals surface area contributed by atoms with Crippen LogP contribution in [0.1, 0.15) is 19.8 Å². The number of hydrogen-bond acceptors (Lipinski definition) is 1.